The highest BCUT2D eigenvalue weighted by atomic mass is 35.5. The van der Waals surface area contributed by atoms with Gasteiger partial charge < -0.3 is 5.11 Å². The average Bonchev–Trinajstić information content (AvgIpc) is 2.65. The molecule has 1 saturated carbocycles. The molecule has 1 atom stereocenters. The molecule has 0 spiro atoms. The molecule has 2 rings (SSSR count). The Morgan fingerprint density at radius 2 is 2.07 bits per heavy atom. The first-order chi connectivity index (χ1) is 6.77. The van der Waals surface area contributed by atoms with Crippen LogP contribution in [0, 0.1) is 5.92 Å². The lowest BCUT2D eigenvalue weighted by atomic mass is 9.85. The Morgan fingerprint density at radius 3 is 2.64 bits per heavy atom. The molecular weight excluding hydrogens is 216 g/mol. The molecule has 3 heteroatoms. The van der Waals surface area contributed by atoms with Crippen molar-refractivity contribution in [1.29, 1.82) is 0 Å². The zero-order chi connectivity index (χ0) is 9.97. The van der Waals surface area contributed by atoms with Crippen LogP contribution in [0.15, 0.2) is 11.4 Å². The lowest BCUT2D eigenvalue weighted by molar-refractivity contribution is 0.0879. The molecule has 0 amide bonds. The SMILES string of the molecule is OC(c1cc(Cl)cs1)C1CCCCC1. The van der Waals surface area contributed by atoms with E-state index in [-0.39, 0.29) is 6.10 Å². The molecule has 1 aliphatic carbocycles. The van der Waals surface area contributed by atoms with E-state index < -0.39 is 0 Å². The molecular formula is C11H15ClOS. The highest BCUT2D eigenvalue weighted by molar-refractivity contribution is 7.10. The smallest absolute Gasteiger partial charge is 0.0910 e. The summed E-state index contributed by atoms with van der Waals surface area (Å²) in [6.45, 7) is 0. The topological polar surface area (TPSA) is 20.2 Å². The van der Waals surface area contributed by atoms with Crippen molar-refractivity contribution < 1.29 is 5.11 Å². The second-order valence-electron chi connectivity index (χ2n) is 4.01. The molecule has 0 aliphatic heterocycles. The van der Waals surface area contributed by atoms with Crippen LogP contribution in [-0.4, -0.2) is 5.11 Å². The van der Waals surface area contributed by atoms with Crippen LogP contribution in [0.5, 0.6) is 0 Å². The summed E-state index contributed by atoms with van der Waals surface area (Å²) in [7, 11) is 0. The number of halogens is 1. The Labute approximate surface area is 93.7 Å². The van der Waals surface area contributed by atoms with Crippen molar-refractivity contribution in [1.82, 2.24) is 0 Å². The molecule has 1 fully saturated rings. The highest BCUT2D eigenvalue weighted by Gasteiger charge is 2.23. The number of hydrogen-bond acceptors (Lipinski definition) is 2. The zero-order valence-electron chi connectivity index (χ0n) is 8.08. The van der Waals surface area contributed by atoms with E-state index in [1.807, 2.05) is 11.4 Å². The van der Waals surface area contributed by atoms with Gasteiger partial charge in [-0.3, -0.25) is 0 Å². The van der Waals surface area contributed by atoms with Crippen molar-refractivity contribution in [2.24, 2.45) is 5.92 Å². The Bertz CT molecular complexity index is 291. The van der Waals surface area contributed by atoms with Gasteiger partial charge >= 0.3 is 0 Å². The summed E-state index contributed by atoms with van der Waals surface area (Å²) in [5.74, 6) is 0.457. The fourth-order valence-corrected chi connectivity index (χ4v) is 3.33. The highest BCUT2D eigenvalue weighted by Crippen LogP contribution is 2.37. The average molecular weight is 231 g/mol. The fraction of sp³-hybridized carbons (Fsp3) is 0.636. The van der Waals surface area contributed by atoms with Gasteiger partial charge in [0.1, 0.15) is 0 Å². The molecule has 1 N–H and O–H groups in total. The van der Waals surface area contributed by atoms with Crippen LogP contribution >= 0.6 is 22.9 Å². The molecule has 1 unspecified atom stereocenters. The van der Waals surface area contributed by atoms with Crippen molar-refractivity contribution >= 4 is 22.9 Å². The van der Waals surface area contributed by atoms with Crippen LogP contribution in [0.3, 0.4) is 0 Å². The third-order valence-corrected chi connectivity index (χ3v) is 4.33. The predicted octanol–water partition coefficient (Wildman–Crippen LogP) is 4.02. The summed E-state index contributed by atoms with van der Waals surface area (Å²) in [6, 6.07) is 1.89. The number of aliphatic hydroxyl groups is 1. The van der Waals surface area contributed by atoms with E-state index in [0.717, 1.165) is 22.7 Å². The van der Waals surface area contributed by atoms with Crippen molar-refractivity contribution in [3.8, 4) is 0 Å². The maximum atomic E-state index is 10.1. The number of thiophene rings is 1. The van der Waals surface area contributed by atoms with Gasteiger partial charge in [0.25, 0.3) is 0 Å². The second-order valence-corrected chi connectivity index (χ2v) is 5.39. The second kappa shape index (κ2) is 4.65. The fourth-order valence-electron chi connectivity index (χ4n) is 2.17. The van der Waals surface area contributed by atoms with E-state index >= 15 is 0 Å². The molecule has 0 saturated heterocycles. The van der Waals surface area contributed by atoms with Gasteiger partial charge in [0.05, 0.1) is 11.1 Å². The summed E-state index contributed by atoms with van der Waals surface area (Å²) >= 11 is 7.41. The maximum Gasteiger partial charge on any atom is 0.0910 e. The maximum absolute atomic E-state index is 10.1. The van der Waals surface area contributed by atoms with Crippen LogP contribution in [0.1, 0.15) is 43.1 Å². The summed E-state index contributed by atoms with van der Waals surface area (Å²) in [5, 5.41) is 12.8. The van der Waals surface area contributed by atoms with Crippen molar-refractivity contribution in [2.75, 3.05) is 0 Å². The first kappa shape index (κ1) is 10.5. The summed E-state index contributed by atoms with van der Waals surface area (Å²) in [4.78, 5) is 1.03. The molecule has 1 aliphatic rings. The molecule has 1 heterocycles. The van der Waals surface area contributed by atoms with E-state index in [0.29, 0.717) is 5.92 Å². The number of hydrogen-bond donors (Lipinski definition) is 1. The monoisotopic (exact) mass is 230 g/mol. The summed E-state index contributed by atoms with van der Waals surface area (Å²) in [5.41, 5.74) is 0. The van der Waals surface area contributed by atoms with Crippen LogP contribution < -0.4 is 0 Å². The van der Waals surface area contributed by atoms with Gasteiger partial charge in [-0.15, -0.1) is 11.3 Å². The molecule has 0 radical (unpaired) electrons. The van der Waals surface area contributed by atoms with E-state index in [1.54, 1.807) is 11.3 Å². The van der Waals surface area contributed by atoms with E-state index in [2.05, 4.69) is 0 Å². The minimum Gasteiger partial charge on any atom is -0.387 e. The third-order valence-electron chi connectivity index (χ3n) is 2.98. The molecule has 1 aromatic rings. The molecule has 1 aromatic heterocycles. The van der Waals surface area contributed by atoms with Gasteiger partial charge in [0.15, 0.2) is 0 Å². The molecule has 78 valence electrons. The predicted molar refractivity (Wildman–Crippen MR) is 60.9 cm³/mol. The first-order valence-corrected chi connectivity index (χ1v) is 6.45. The van der Waals surface area contributed by atoms with Gasteiger partial charge in [0.2, 0.25) is 0 Å². The van der Waals surface area contributed by atoms with E-state index in [4.69, 9.17) is 11.6 Å². The van der Waals surface area contributed by atoms with Crippen LogP contribution in [0.4, 0.5) is 0 Å². The van der Waals surface area contributed by atoms with Gasteiger partial charge in [-0.25, -0.2) is 0 Å². The summed E-state index contributed by atoms with van der Waals surface area (Å²) < 4.78 is 0. The van der Waals surface area contributed by atoms with Crippen LogP contribution in [-0.2, 0) is 0 Å². The minimum atomic E-state index is -0.284. The lowest BCUT2D eigenvalue weighted by Crippen LogP contribution is -2.14. The molecule has 0 bridgehead atoms. The Hall–Kier alpha value is -0.0500. The van der Waals surface area contributed by atoms with Gasteiger partial charge in [-0.05, 0) is 24.8 Å². The van der Waals surface area contributed by atoms with Crippen molar-refractivity contribution in [3.63, 3.8) is 0 Å². The number of rotatable bonds is 2. The zero-order valence-corrected chi connectivity index (χ0v) is 9.65. The Kier molecular flexibility index (Phi) is 3.47. The van der Waals surface area contributed by atoms with Crippen molar-refractivity contribution in [2.45, 2.75) is 38.2 Å². The quantitative estimate of drug-likeness (QED) is 0.814. The summed E-state index contributed by atoms with van der Waals surface area (Å²) in [6.07, 6.45) is 5.90. The van der Waals surface area contributed by atoms with Gasteiger partial charge in [-0.2, -0.15) is 0 Å². The van der Waals surface area contributed by atoms with Crippen molar-refractivity contribution in [3.05, 3.63) is 21.3 Å². The lowest BCUT2D eigenvalue weighted by Gasteiger charge is -2.25. The standard InChI is InChI=1S/C11H15ClOS/c12-9-6-10(14-7-9)11(13)8-4-2-1-3-5-8/h6-8,11,13H,1-5H2. The molecule has 0 aromatic carbocycles. The molecule has 14 heavy (non-hydrogen) atoms. The van der Waals surface area contributed by atoms with E-state index in [9.17, 15) is 5.11 Å². The van der Waals surface area contributed by atoms with E-state index in [1.165, 1.54) is 19.3 Å². The minimum absolute atomic E-state index is 0.284. The van der Waals surface area contributed by atoms with Gasteiger partial charge in [0, 0.05) is 10.3 Å². The third kappa shape index (κ3) is 2.30. The Morgan fingerprint density at radius 1 is 1.36 bits per heavy atom. The largest absolute Gasteiger partial charge is 0.387 e. The van der Waals surface area contributed by atoms with Crippen LogP contribution in [0.25, 0.3) is 0 Å². The normalized spacial score (nSPS) is 21.0. The number of aliphatic hydroxyl groups excluding tert-OH is 1. The molecule has 1 nitrogen and oxygen atoms in total. The van der Waals surface area contributed by atoms with Crippen LogP contribution in [0.2, 0.25) is 5.02 Å². The first-order valence-electron chi connectivity index (χ1n) is 5.19. The van der Waals surface area contributed by atoms with Gasteiger partial charge in [-0.1, -0.05) is 30.9 Å². The Balaban J connectivity index is 2.03.